The summed E-state index contributed by atoms with van der Waals surface area (Å²) >= 11 is 0. The lowest BCUT2D eigenvalue weighted by Crippen LogP contribution is -2.41. The Kier molecular flexibility index (Phi) is 3.78. The Balaban J connectivity index is 2.12. The van der Waals surface area contributed by atoms with Crippen LogP contribution < -0.4 is 15.2 Å². The summed E-state index contributed by atoms with van der Waals surface area (Å²) in [5, 5.41) is 0. The highest BCUT2D eigenvalue weighted by Crippen LogP contribution is 2.26. The standard InChI is InChI=1S/C12H19N3O2/c1-8-11(16-2)14-7-15-12(8)17-10-6-4-3-5-9(10)13/h7,9-10H,3-6,13H2,1-2H3. The van der Waals surface area contributed by atoms with Crippen LogP contribution in [0.25, 0.3) is 0 Å². The molecule has 0 spiro atoms. The third kappa shape index (κ3) is 2.66. The van der Waals surface area contributed by atoms with E-state index in [1.54, 1.807) is 7.11 Å². The van der Waals surface area contributed by atoms with Gasteiger partial charge < -0.3 is 15.2 Å². The zero-order valence-electron chi connectivity index (χ0n) is 10.3. The molecule has 1 heterocycles. The Morgan fingerprint density at radius 3 is 2.65 bits per heavy atom. The maximum Gasteiger partial charge on any atom is 0.223 e. The van der Waals surface area contributed by atoms with E-state index in [2.05, 4.69) is 9.97 Å². The highest BCUT2D eigenvalue weighted by Gasteiger charge is 2.24. The molecule has 0 aliphatic heterocycles. The number of methoxy groups -OCH3 is 1. The van der Waals surface area contributed by atoms with Gasteiger partial charge in [-0.15, -0.1) is 0 Å². The number of ether oxygens (including phenoxy) is 2. The third-order valence-electron chi connectivity index (χ3n) is 3.20. The molecule has 0 bridgehead atoms. The van der Waals surface area contributed by atoms with Gasteiger partial charge in [-0.25, -0.2) is 9.97 Å². The average Bonchev–Trinajstić information content (AvgIpc) is 2.34. The van der Waals surface area contributed by atoms with Gasteiger partial charge in [-0.05, 0) is 26.2 Å². The van der Waals surface area contributed by atoms with E-state index in [1.807, 2.05) is 6.92 Å². The van der Waals surface area contributed by atoms with Crippen molar-refractivity contribution in [2.75, 3.05) is 7.11 Å². The number of rotatable bonds is 3. The summed E-state index contributed by atoms with van der Waals surface area (Å²) < 4.78 is 11.0. The molecule has 17 heavy (non-hydrogen) atoms. The minimum Gasteiger partial charge on any atom is -0.481 e. The highest BCUT2D eigenvalue weighted by molar-refractivity contribution is 5.32. The first-order valence-electron chi connectivity index (χ1n) is 6.00. The number of nitrogens with zero attached hydrogens (tertiary/aromatic N) is 2. The average molecular weight is 237 g/mol. The summed E-state index contributed by atoms with van der Waals surface area (Å²) in [5.41, 5.74) is 6.87. The lowest BCUT2D eigenvalue weighted by atomic mass is 9.93. The van der Waals surface area contributed by atoms with Gasteiger partial charge in [0.15, 0.2) is 0 Å². The topological polar surface area (TPSA) is 70.3 Å². The van der Waals surface area contributed by atoms with Crippen LogP contribution >= 0.6 is 0 Å². The van der Waals surface area contributed by atoms with Gasteiger partial charge in [0.05, 0.1) is 12.7 Å². The summed E-state index contributed by atoms with van der Waals surface area (Å²) in [4.78, 5) is 8.17. The molecule has 1 fully saturated rings. The number of nitrogens with two attached hydrogens (primary N) is 1. The fraction of sp³-hybridized carbons (Fsp3) is 0.667. The summed E-state index contributed by atoms with van der Waals surface area (Å²) in [6, 6.07) is 0.101. The summed E-state index contributed by atoms with van der Waals surface area (Å²) in [6.45, 7) is 1.89. The van der Waals surface area contributed by atoms with Gasteiger partial charge >= 0.3 is 0 Å². The van der Waals surface area contributed by atoms with Crippen molar-refractivity contribution in [2.45, 2.75) is 44.8 Å². The molecule has 0 aromatic carbocycles. The van der Waals surface area contributed by atoms with Crippen LogP contribution in [-0.4, -0.2) is 29.2 Å². The molecule has 94 valence electrons. The fourth-order valence-corrected chi connectivity index (χ4v) is 2.16. The first kappa shape index (κ1) is 12.1. The predicted molar refractivity (Wildman–Crippen MR) is 64.2 cm³/mol. The minimum absolute atomic E-state index is 0.0575. The molecular formula is C12H19N3O2. The Bertz CT molecular complexity index is 384. The van der Waals surface area contributed by atoms with Gasteiger partial charge in [0.2, 0.25) is 11.8 Å². The van der Waals surface area contributed by atoms with Crippen LogP contribution in [0.4, 0.5) is 0 Å². The van der Waals surface area contributed by atoms with Crippen molar-refractivity contribution in [1.82, 2.24) is 9.97 Å². The van der Waals surface area contributed by atoms with Gasteiger partial charge in [0, 0.05) is 6.04 Å². The molecule has 1 aromatic heterocycles. The largest absolute Gasteiger partial charge is 0.481 e. The van der Waals surface area contributed by atoms with Crippen molar-refractivity contribution in [3.05, 3.63) is 11.9 Å². The summed E-state index contributed by atoms with van der Waals surface area (Å²) in [7, 11) is 1.59. The molecule has 1 aromatic rings. The monoisotopic (exact) mass is 237 g/mol. The molecule has 1 aliphatic carbocycles. The Labute approximate surface area is 101 Å². The Hall–Kier alpha value is -1.36. The van der Waals surface area contributed by atoms with E-state index in [0.717, 1.165) is 18.4 Å². The maximum absolute atomic E-state index is 6.05. The van der Waals surface area contributed by atoms with Gasteiger partial charge in [-0.1, -0.05) is 6.42 Å². The van der Waals surface area contributed by atoms with Crippen molar-refractivity contribution in [3.63, 3.8) is 0 Å². The molecular weight excluding hydrogens is 218 g/mol. The fourth-order valence-electron chi connectivity index (χ4n) is 2.16. The van der Waals surface area contributed by atoms with E-state index in [0.29, 0.717) is 11.8 Å². The van der Waals surface area contributed by atoms with Crippen LogP contribution in [0.15, 0.2) is 6.33 Å². The van der Waals surface area contributed by atoms with E-state index in [1.165, 1.54) is 19.2 Å². The van der Waals surface area contributed by atoms with Crippen molar-refractivity contribution in [3.8, 4) is 11.8 Å². The highest BCUT2D eigenvalue weighted by atomic mass is 16.5. The van der Waals surface area contributed by atoms with E-state index in [9.17, 15) is 0 Å². The van der Waals surface area contributed by atoms with Crippen molar-refractivity contribution < 1.29 is 9.47 Å². The van der Waals surface area contributed by atoms with Gasteiger partial charge in [0.1, 0.15) is 12.4 Å². The molecule has 0 radical (unpaired) electrons. The lowest BCUT2D eigenvalue weighted by Gasteiger charge is -2.29. The first-order chi connectivity index (χ1) is 8.22. The molecule has 2 rings (SSSR count). The molecule has 1 aliphatic rings. The second kappa shape index (κ2) is 5.31. The van der Waals surface area contributed by atoms with Gasteiger partial charge in [-0.2, -0.15) is 0 Å². The van der Waals surface area contributed by atoms with E-state index >= 15 is 0 Å². The third-order valence-corrected chi connectivity index (χ3v) is 3.20. The Morgan fingerprint density at radius 1 is 1.24 bits per heavy atom. The van der Waals surface area contributed by atoms with Crippen LogP contribution in [0.3, 0.4) is 0 Å². The molecule has 0 saturated heterocycles. The number of aromatic nitrogens is 2. The van der Waals surface area contributed by atoms with Gasteiger partial charge in [0.25, 0.3) is 0 Å². The minimum atomic E-state index is 0.0575. The summed E-state index contributed by atoms with van der Waals surface area (Å²) in [5.74, 6) is 1.14. The molecule has 5 heteroatoms. The normalized spacial score (nSPS) is 24.4. The SMILES string of the molecule is COc1ncnc(OC2CCCCC2N)c1C. The van der Waals surface area contributed by atoms with Crippen LogP contribution in [0.1, 0.15) is 31.2 Å². The van der Waals surface area contributed by atoms with E-state index < -0.39 is 0 Å². The van der Waals surface area contributed by atoms with E-state index in [4.69, 9.17) is 15.2 Å². The predicted octanol–water partition coefficient (Wildman–Crippen LogP) is 1.44. The molecule has 0 amide bonds. The molecule has 2 unspecified atom stereocenters. The molecule has 2 atom stereocenters. The smallest absolute Gasteiger partial charge is 0.223 e. The molecule has 1 saturated carbocycles. The number of hydrogen-bond donors (Lipinski definition) is 1. The second-order valence-electron chi connectivity index (χ2n) is 4.42. The zero-order chi connectivity index (χ0) is 12.3. The van der Waals surface area contributed by atoms with Crippen LogP contribution in [-0.2, 0) is 0 Å². The quantitative estimate of drug-likeness (QED) is 0.861. The van der Waals surface area contributed by atoms with Crippen molar-refractivity contribution >= 4 is 0 Å². The lowest BCUT2D eigenvalue weighted by molar-refractivity contribution is 0.125. The zero-order valence-corrected chi connectivity index (χ0v) is 10.3. The van der Waals surface area contributed by atoms with Crippen molar-refractivity contribution in [2.24, 2.45) is 5.73 Å². The molecule has 2 N–H and O–H groups in total. The van der Waals surface area contributed by atoms with Crippen molar-refractivity contribution in [1.29, 1.82) is 0 Å². The maximum atomic E-state index is 6.05. The first-order valence-corrected chi connectivity index (χ1v) is 6.00. The van der Waals surface area contributed by atoms with Crippen LogP contribution in [0.2, 0.25) is 0 Å². The van der Waals surface area contributed by atoms with Crippen LogP contribution in [0.5, 0.6) is 11.8 Å². The van der Waals surface area contributed by atoms with Crippen LogP contribution in [0, 0.1) is 6.92 Å². The van der Waals surface area contributed by atoms with Gasteiger partial charge in [-0.3, -0.25) is 0 Å². The summed E-state index contributed by atoms with van der Waals surface area (Å²) in [6.07, 6.45) is 5.88. The Morgan fingerprint density at radius 2 is 1.94 bits per heavy atom. The molecule has 5 nitrogen and oxygen atoms in total. The second-order valence-corrected chi connectivity index (χ2v) is 4.42. The number of hydrogen-bond acceptors (Lipinski definition) is 5. The van der Waals surface area contributed by atoms with E-state index in [-0.39, 0.29) is 12.1 Å².